The van der Waals surface area contributed by atoms with E-state index < -0.39 is 11.7 Å². The number of aromatic nitrogens is 2. The molecule has 0 fully saturated rings. The first kappa shape index (κ1) is 14.6. The maximum Gasteiger partial charge on any atom is 0.417 e. The van der Waals surface area contributed by atoms with Crippen molar-refractivity contribution in [2.45, 2.75) is 13.1 Å². The normalized spacial score (nSPS) is 11.4. The van der Waals surface area contributed by atoms with Gasteiger partial charge in [0.05, 0.1) is 5.56 Å². The largest absolute Gasteiger partial charge is 0.417 e. The van der Waals surface area contributed by atoms with Gasteiger partial charge in [0.2, 0.25) is 0 Å². The van der Waals surface area contributed by atoms with Gasteiger partial charge in [-0.25, -0.2) is 9.97 Å². The number of benzene rings is 1. The lowest BCUT2D eigenvalue weighted by Crippen LogP contribution is -2.09. The minimum atomic E-state index is -4.53. The molecular weight excluding hydrogens is 337 g/mol. The Morgan fingerprint density at radius 2 is 1.90 bits per heavy atom. The van der Waals surface area contributed by atoms with Crippen LogP contribution < -0.4 is 0 Å². The van der Waals surface area contributed by atoms with E-state index in [2.05, 4.69) is 25.9 Å². The van der Waals surface area contributed by atoms with Gasteiger partial charge in [-0.1, -0.05) is 15.9 Å². The van der Waals surface area contributed by atoms with Gasteiger partial charge in [-0.2, -0.15) is 13.2 Å². The van der Waals surface area contributed by atoms with Crippen LogP contribution >= 0.6 is 15.9 Å². The summed E-state index contributed by atoms with van der Waals surface area (Å²) in [7, 11) is 0. The quantitative estimate of drug-likeness (QED) is 0.772. The smallest absolute Gasteiger partial charge is 0.296 e. The van der Waals surface area contributed by atoms with Gasteiger partial charge in [0.1, 0.15) is 5.69 Å². The van der Waals surface area contributed by atoms with Crippen molar-refractivity contribution < 1.29 is 18.0 Å². The van der Waals surface area contributed by atoms with Gasteiger partial charge in [0.15, 0.2) is 12.1 Å². The van der Waals surface area contributed by atoms with Gasteiger partial charge in [0, 0.05) is 15.7 Å². The Kier molecular flexibility index (Phi) is 3.89. The van der Waals surface area contributed by atoms with Crippen molar-refractivity contribution in [3.63, 3.8) is 0 Å². The molecule has 0 unspecified atom stereocenters. The average molecular weight is 345 g/mol. The molecule has 0 spiro atoms. The van der Waals surface area contributed by atoms with Gasteiger partial charge in [-0.15, -0.1) is 0 Å². The number of rotatable bonds is 2. The average Bonchev–Trinajstić information content (AvgIpc) is 2.36. The van der Waals surface area contributed by atoms with Crippen LogP contribution in [0.1, 0.15) is 21.7 Å². The predicted molar refractivity (Wildman–Crippen MR) is 70.3 cm³/mol. The second-order valence-electron chi connectivity index (χ2n) is 4.06. The molecule has 1 heterocycles. The summed E-state index contributed by atoms with van der Waals surface area (Å²) in [5.74, 6) is -0.119. The molecule has 20 heavy (non-hydrogen) atoms. The molecule has 104 valence electrons. The highest BCUT2D eigenvalue weighted by Gasteiger charge is 2.34. The molecule has 0 aliphatic rings. The number of halogens is 4. The van der Waals surface area contributed by atoms with Crippen molar-refractivity contribution in [3.05, 3.63) is 45.7 Å². The van der Waals surface area contributed by atoms with Crippen LogP contribution in [0.2, 0.25) is 0 Å². The summed E-state index contributed by atoms with van der Waals surface area (Å²) in [4.78, 5) is 18.6. The molecule has 2 rings (SSSR count). The van der Waals surface area contributed by atoms with E-state index in [1.54, 1.807) is 6.92 Å². The zero-order chi connectivity index (χ0) is 14.9. The second-order valence-corrected chi connectivity index (χ2v) is 4.98. The van der Waals surface area contributed by atoms with E-state index in [-0.39, 0.29) is 17.1 Å². The summed E-state index contributed by atoms with van der Waals surface area (Å²) in [6.45, 7) is 1.59. The van der Waals surface area contributed by atoms with Gasteiger partial charge < -0.3 is 0 Å². The molecule has 0 radical (unpaired) electrons. The second kappa shape index (κ2) is 5.32. The maximum absolute atomic E-state index is 13.1. The number of nitrogens with zero attached hydrogens (tertiary/aromatic N) is 2. The van der Waals surface area contributed by atoms with Crippen LogP contribution in [0.4, 0.5) is 13.2 Å². The third-order valence-corrected chi connectivity index (χ3v) is 3.02. The van der Waals surface area contributed by atoms with Crippen LogP contribution in [-0.4, -0.2) is 16.3 Å². The molecule has 0 aliphatic heterocycles. The Labute approximate surface area is 121 Å². The predicted octanol–water partition coefficient (Wildman–Crippen LogP) is 4.05. The molecule has 0 saturated heterocycles. The Morgan fingerprint density at radius 3 is 2.50 bits per heavy atom. The first-order valence-corrected chi connectivity index (χ1v) is 6.28. The molecule has 0 aliphatic carbocycles. The molecule has 0 atom stereocenters. The lowest BCUT2D eigenvalue weighted by atomic mass is 10.1. The molecule has 3 nitrogen and oxygen atoms in total. The molecule has 1 aromatic heterocycles. The van der Waals surface area contributed by atoms with Crippen molar-refractivity contribution >= 4 is 22.2 Å². The topological polar surface area (TPSA) is 42.9 Å². The van der Waals surface area contributed by atoms with Crippen LogP contribution in [-0.2, 0) is 6.18 Å². The van der Waals surface area contributed by atoms with Crippen molar-refractivity contribution in [1.82, 2.24) is 9.97 Å². The standard InChI is InChI=1S/C13H8BrF3N2O/c1-7-4-9(6-20)19-12(18-7)10-3-2-8(14)5-11(10)13(15,16)17/h2-6H,1H3. The number of hydrogen-bond acceptors (Lipinski definition) is 3. The van der Waals surface area contributed by atoms with Gasteiger partial charge >= 0.3 is 6.18 Å². The Morgan fingerprint density at radius 1 is 1.20 bits per heavy atom. The van der Waals surface area contributed by atoms with E-state index in [1.165, 1.54) is 18.2 Å². The number of alkyl halides is 3. The zero-order valence-corrected chi connectivity index (χ0v) is 11.8. The minimum Gasteiger partial charge on any atom is -0.296 e. The van der Waals surface area contributed by atoms with Crippen molar-refractivity contribution in [2.24, 2.45) is 0 Å². The Balaban J connectivity index is 2.69. The fraction of sp³-hybridized carbons (Fsp3) is 0.154. The first-order chi connectivity index (χ1) is 9.31. The summed E-state index contributed by atoms with van der Waals surface area (Å²) < 4.78 is 39.5. The molecule has 7 heteroatoms. The molecule has 2 aromatic rings. The Bertz CT molecular complexity index is 671. The van der Waals surface area contributed by atoms with Gasteiger partial charge in [-0.3, -0.25) is 4.79 Å². The molecular formula is C13H8BrF3N2O. The number of carbonyl (C=O) groups excluding carboxylic acids is 1. The highest BCUT2D eigenvalue weighted by atomic mass is 79.9. The Hall–Kier alpha value is -1.76. The van der Waals surface area contributed by atoms with Crippen LogP contribution in [0.5, 0.6) is 0 Å². The summed E-state index contributed by atoms with van der Waals surface area (Å²) in [6.07, 6.45) is -4.06. The van der Waals surface area contributed by atoms with Crippen molar-refractivity contribution in [3.8, 4) is 11.4 Å². The SMILES string of the molecule is Cc1cc(C=O)nc(-c2ccc(Br)cc2C(F)(F)F)n1. The number of carbonyl (C=O) groups is 1. The maximum atomic E-state index is 13.1. The van der Waals surface area contributed by atoms with E-state index in [9.17, 15) is 18.0 Å². The fourth-order valence-electron chi connectivity index (χ4n) is 1.72. The summed E-state index contributed by atoms with van der Waals surface area (Å²) in [5, 5.41) is 0. The third-order valence-electron chi connectivity index (χ3n) is 2.52. The van der Waals surface area contributed by atoms with E-state index in [0.29, 0.717) is 16.5 Å². The van der Waals surface area contributed by atoms with Crippen molar-refractivity contribution in [1.29, 1.82) is 0 Å². The highest BCUT2D eigenvalue weighted by Crippen LogP contribution is 2.37. The van der Waals surface area contributed by atoms with E-state index in [4.69, 9.17) is 0 Å². The summed E-state index contributed by atoms with van der Waals surface area (Å²) in [5.41, 5.74) is -0.543. The van der Waals surface area contributed by atoms with Crippen molar-refractivity contribution in [2.75, 3.05) is 0 Å². The summed E-state index contributed by atoms with van der Waals surface area (Å²) in [6, 6.07) is 5.11. The lowest BCUT2D eigenvalue weighted by molar-refractivity contribution is -0.137. The minimum absolute atomic E-state index is 0.0449. The number of aldehydes is 1. The molecule has 0 amide bonds. The van der Waals surface area contributed by atoms with Crippen LogP contribution in [0.25, 0.3) is 11.4 Å². The van der Waals surface area contributed by atoms with Crippen LogP contribution in [0.15, 0.2) is 28.7 Å². The first-order valence-electron chi connectivity index (χ1n) is 5.49. The van der Waals surface area contributed by atoms with Gasteiger partial charge in [-0.05, 0) is 31.2 Å². The van der Waals surface area contributed by atoms with E-state index in [1.807, 2.05) is 0 Å². The number of hydrogen-bond donors (Lipinski definition) is 0. The zero-order valence-electron chi connectivity index (χ0n) is 10.2. The molecule has 0 N–H and O–H groups in total. The molecule has 0 bridgehead atoms. The fourth-order valence-corrected chi connectivity index (χ4v) is 2.08. The van der Waals surface area contributed by atoms with E-state index in [0.717, 1.165) is 6.07 Å². The molecule has 1 aromatic carbocycles. The van der Waals surface area contributed by atoms with Gasteiger partial charge in [0.25, 0.3) is 0 Å². The van der Waals surface area contributed by atoms with Crippen LogP contribution in [0, 0.1) is 6.92 Å². The number of aryl methyl sites for hydroxylation is 1. The van der Waals surface area contributed by atoms with Crippen LogP contribution in [0.3, 0.4) is 0 Å². The lowest BCUT2D eigenvalue weighted by Gasteiger charge is -2.13. The molecule has 0 saturated carbocycles. The summed E-state index contributed by atoms with van der Waals surface area (Å²) >= 11 is 3.01. The third kappa shape index (κ3) is 3.04. The van der Waals surface area contributed by atoms with E-state index >= 15 is 0 Å². The highest BCUT2D eigenvalue weighted by molar-refractivity contribution is 9.10. The monoisotopic (exact) mass is 344 g/mol.